The summed E-state index contributed by atoms with van der Waals surface area (Å²) in [6, 6.07) is 10.1. The molecule has 0 radical (unpaired) electrons. The Bertz CT molecular complexity index is 803. The van der Waals surface area contributed by atoms with Crippen LogP contribution in [0.1, 0.15) is 22.3 Å². The van der Waals surface area contributed by atoms with Crippen LogP contribution in [0.2, 0.25) is 0 Å². The molecule has 1 N–H and O–H groups in total. The van der Waals surface area contributed by atoms with Crippen molar-refractivity contribution in [2.45, 2.75) is 6.42 Å². The molecule has 1 fully saturated rings. The van der Waals surface area contributed by atoms with Crippen LogP contribution in [0, 0.1) is 0 Å². The molecule has 3 rings (SSSR count). The summed E-state index contributed by atoms with van der Waals surface area (Å²) < 4.78 is 10.6. The Morgan fingerprint density at radius 2 is 2.00 bits per heavy atom. The maximum atomic E-state index is 12.0. The molecule has 1 aliphatic heterocycles. The van der Waals surface area contributed by atoms with Crippen molar-refractivity contribution in [2.75, 3.05) is 32.8 Å². The normalized spacial score (nSPS) is 14.7. The minimum atomic E-state index is -0.470. The van der Waals surface area contributed by atoms with E-state index in [2.05, 4.69) is 20.4 Å². The molecular weight excluding hydrogens is 360 g/mol. The quantitative estimate of drug-likeness (QED) is 0.337. The second-order valence-corrected chi connectivity index (χ2v) is 6.20. The Morgan fingerprint density at radius 3 is 2.71 bits per heavy atom. The van der Waals surface area contributed by atoms with Crippen molar-refractivity contribution in [3.05, 3.63) is 59.9 Å². The third kappa shape index (κ3) is 6.26. The standard InChI is InChI=1S/C20H22N4O4/c25-19(7-9-24-10-12-27-13-11-24)23-22-14-16-3-5-18(6-4-16)28-20(26)17-2-1-8-21-15-17/h1-6,8,14-15H,7,9-13H2,(H,23,25). The van der Waals surface area contributed by atoms with Gasteiger partial charge in [0.1, 0.15) is 5.75 Å². The van der Waals surface area contributed by atoms with Crippen molar-refractivity contribution in [1.82, 2.24) is 15.3 Å². The molecular formula is C20H22N4O4. The molecule has 1 saturated heterocycles. The van der Waals surface area contributed by atoms with Crippen LogP contribution in [0.4, 0.5) is 0 Å². The lowest BCUT2D eigenvalue weighted by Crippen LogP contribution is -2.38. The maximum absolute atomic E-state index is 12.0. The number of esters is 1. The van der Waals surface area contributed by atoms with Crippen LogP contribution in [0.25, 0.3) is 0 Å². The zero-order chi connectivity index (χ0) is 19.6. The van der Waals surface area contributed by atoms with Crippen LogP contribution < -0.4 is 10.2 Å². The number of benzene rings is 1. The van der Waals surface area contributed by atoms with Crippen LogP contribution in [-0.2, 0) is 9.53 Å². The predicted octanol–water partition coefficient (Wildman–Crippen LogP) is 1.47. The number of carbonyl (C=O) groups excluding carboxylic acids is 2. The van der Waals surface area contributed by atoms with Crippen molar-refractivity contribution in [1.29, 1.82) is 0 Å². The summed E-state index contributed by atoms with van der Waals surface area (Å²) in [7, 11) is 0. The van der Waals surface area contributed by atoms with Gasteiger partial charge in [-0.1, -0.05) is 0 Å². The number of carbonyl (C=O) groups is 2. The number of hydrogen-bond donors (Lipinski definition) is 1. The average molecular weight is 382 g/mol. The summed E-state index contributed by atoms with van der Waals surface area (Å²) in [6.45, 7) is 3.84. The molecule has 1 aromatic carbocycles. The molecule has 2 aromatic rings. The number of amides is 1. The topological polar surface area (TPSA) is 93.1 Å². The fraction of sp³-hybridized carbons (Fsp3) is 0.300. The third-order valence-corrected chi connectivity index (χ3v) is 4.15. The maximum Gasteiger partial charge on any atom is 0.345 e. The van der Waals surface area contributed by atoms with Gasteiger partial charge in [-0.05, 0) is 42.0 Å². The van der Waals surface area contributed by atoms with Gasteiger partial charge in [-0.25, -0.2) is 10.2 Å². The van der Waals surface area contributed by atoms with E-state index >= 15 is 0 Å². The number of morpholine rings is 1. The van der Waals surface area contributed by atoms with E-state index in [1.54, 1.807) is 48.8 Å². The van der Waals surface area contributed by atoms with Gasteiger partial charge in [0.15, 0.2) is 0 Å². The average Bonchev–Trinajstić information content (AvgIpc) is 2.75. The SMILES string of the molecule is O=C(CCN1CCOCC1)NN=Cc1ccc(OC(=O)c2cccnc2)cc1. The number of ether oxygens (including phenoxy) is 2. The number of aromatic nitrogens is 1. The molecule has 0 spiro atoms. The monoisotopic (exact) mass is 382 g/mol. The lowest BCUT2D eigenvalue weighted by molar-refractivity contribution is -0.121. The highest BCUT2D eigenvalue weighted by atomic mass is 16.5. The zero-order valence-corrected chi connectivity index (χ0v) is 15.4. The largest absolute Gasteiger partial charge is 0.423 e. The first-order valence-corrected chi connectivity index (χ1v) is 9.05. The molecule has 1 aromatic heterocycles. The van der Waals surface area contributed by atoms with Crippen LogP contribution >= 0.6 is 0 Å². The molecule has 0 atom stereocenters. The van der Waals surface area contributed by atoms with Crippen molar-refractivity contribution in [3.8, 4) is 5.75 Å². The third-order valence-electron chi connectivity index (χ3n) is 4.15. The fourth-order valence-corrected chi connectivity index (χ4v) is 2.59. The van der Waals surface area contributed by atoms with E-state index in [1.165, 1.54) is 6.20 Å². The molecule has 146 valence electrons. The van der Waals surface area contributed by atoms with E-state index in [-0.39, 0.29) is 5.91 Å². The van der Waals surface area contributed by atoms with Crippen molar-refractivity contribution >= 4 is 18.1 Å². The van der Waals surface area contributed by atoms with Gasteiger partial charge in [0.25, 0.3) is 0 Å². The van der Waals surface area contributed by atoms with Crippen molar-refractivity contribution in [2.24, 2.45) is 5.10 Å². The molecule has 1 amide bonds. The van der Waals surface area contributed by atoms with Gasteiger partial charge in [0, 0.05) is 38.4 Å². The Hall–Kier alpha value is -3.10. The van der Waals surface area contributed by atoms with Gasteiger partial charge in [-0.3, -0.25) is 14.7 Å². The minimum absolute atomic E-state index is 0.134. The number of hydrazone groups is 1. The van der Waals surface area contributed by atoms with E-state index in [1.807, 2.05) is 0 Å². The van der Waals surface area contributed by atoms with E-state index in [0.29, 0.717) is 37.5 Å². The van der Waals surface area contributed by atoms with E-state index in [4.69, 9.17) is 9.47 Å². The van der Waals surface area contributed by atoms with Crippen LogP contribution in [0.3, 0.4) is 0 Å². The number of pyridine rings is 1. The van der Waals surface area contributed by atoms with Gasteiger partial charge < -0.3 is 9.47 Å². The molecule has 1 aliphatic rings. The van der Waals surface area contributed by atoms with Crippen molar-refractivity contribution in [3.63, 3.8) is 0 Å². The van der Waals surface area contributed by atoms with Gasteiger partial charge in [-0.15, -0.1) is 0 Å². The Labute approximate surface area is 163 Å². The number of nitrogens with one attached hydrogen (secondary N) is 1. The zero-order valence-electron chi connectivity index (χ0n) is 15.4. The molecule has 28 heavy (non-hydrogen) atoms. The second kappa shape index (κ2) is 10.3. The number of nitrogens with zero attached hydrogens (tertiary/aromatic N) is 3. The Morgan fingerprint density at radius 1 is 1.21 bits per heavy atom. The lowest BCUT2D eigenvalue weighted by Gasteiger charge is -2.25. The molecule has 0 unspecified atom stereocenters. The summed E-state index contributed by atoms with van der Waals surface area (Å²) in [5, 5.41) is 3.96. The van der Waals surface area contributed by atoms with E-state index < -0.39 is 5.97 Å². The lowest BCUT2D eigenvalue weighted by atomic mass is 10.2. The molecule has 0 saturated carbocycles. The molecule has 0 aliphatic carbocycles. The van der Waals surface area contributed by atoms with Gasteiger partial charge >= 0.3 is 5.97 Å². The first-order chi connectivity index (χ1) is 13.7. The predicted molar refractivity (Wildman–Crippen MR) is 103 cm³/mol. The fourth-order valence-electron chi connectivity index (χ4n) is 2.59. The Kier molecular flexibility index (Phi) is 7.22. The van der Waals surface area contributed by atoms with Gasteiger partial charge in [-0.2, -0.15) is 5.10 Å². The van der Waals surface area contributed by atoms with Gasteiger partial charge in [0.05, 0.1) is 25.0 Å². The number of rotatable bonds is 7. The molecule has 2 heterocycles. The summed E-state index contributed by atoms with van der Waals surface area (Å²) in [5.41, 5.74) is 3.67. The minimum Gasteiger partial charge on any atom is -0.423 e. The highest BCUT2D eigenvalue weighted by molar-refractivity contribution is 5.90. The van der Waals surface area contributed by atoms with Crippen molar-refractivity contribution < 1.29 is 19.1 Å². The first-order valence-electron chi connectivity index (χ1n) is 9.05. The summed E-state index contributed by atoms with van der Waals surface area (Å²) in [4.78, 5) is 29.9. The van der Waals surface area contributed by atoms with Crippen LogP contribution in [0.5, 0.6) is 5.75 Å². The van der Waals surface area contributed by atoms with Crippen LogP contribution in [-0.4, -0.2) is 60.8 Å². The molecule has 8 heteroatoms. The summed E-state index contributed by atoms with van der Waals surface area (Å²) >= 11 is 0. The van der Waals surface area contributed by atoms with Crippen LogP contribution in [0.15, 0.2) is 53.9 Å². The summed E-state index contributed by atoms with van der Waals surface area (Å²) in [5.74, 6) is -0.188. The first kappa shape index (κ1) is 19.7. The second-order valence-electron chi connectivity index (χ2n) is 6.20. The summed E-state index contributed by atoms with van der Waals surface area (Å²) in [6.07, 6.45) is 4.97. The number of hydrogen-bond acceptors (Lipinski definition) is 7. The van der Waals surface area contributed by atoms with E-state index in [9.17, 15) is 9.59 Å². The highest BCUT2D eigenvalue weighted by Gasteiger charge is 2.11. The van der Waals surface area contributed by atoms with E-state index in [0.717, 1.165) is 18.7 Å². The Balaban J connectivity index is 1.42. The molecule has 8 nitrogen and oxygen atoms in total. The highest BCUT2D eigenvalue weighted by Crippen LogP contribution is 2.13. The smallest absolute Gasteiger partial charge is 0.345 e. The van der Waals surface area contributed by atoms with Gasteiger partial charge in [0.2, 0.25) is 5.91 Å². The molecule has 0 bridgehead atoms.